The maximum atomic E-state index is 14.4. The Balaban J connectivity index is 1.90. The van der Waals surface area contributed by atoms with Crippen molar-refractivity contribution in [3.05, 3.63) is 107 Å². The molecule has 2 heteroatoms. The van der Waals surface area contributed by atoms with E-state index >= 15 is 0 Å². The zero-order chi connectivity index (χ0) is 16.6. The number of rotatable bonds is 3. The van der Waals surface area contributed by atoms with Crippen LogP contribution in [0.2, 0.25) is 0 Å². The molecule has 0 radical (unpaired) electrons. The fourth-order valence-electron chi connectivity index (χ4n) is 3.61. The van der Waals surface area contributed by atoms with Crippen LogP contribution >= 0.6 is 0 Å². The lowest BCUT2D eigenvalue weighted by atomic mass is 9.86. The Morgan fingerprint density at radius 1 is 0.917 bits per heavy atom. The Labute approximate surface area is 141 Å². The lowest BCUT2D eigenvalue weighted by Gasteiger charge is -2.28. The van der Waals surface area contributed by atoms with Gasteiger partial charge in [-0.15, -0.1) is 0 Å². The molecule has 0 saturated carbocycles. The third kappa shape index (κ3) is 2.26. The SMILES string of the molecule is Cc1cccc([C@H]2O[C@](CF)(c3ccccc3)c3ccccc32)c1. The summed E-state index contributed by atoms with van der Waals surface area (Å²) in [6, 6.07) is 25.9. The molecule has 0 saturated heterocycles. The average molecular weight is 318 g/mol. The van der Waals surface area contributed by atoms with Gasteiger partial charge in [0.2, 0.25) is 0 Å². The molecule has 4 rings (SSSR count). The molecule has 1 aliphatic rings. The van der Waals surface area contributed by atoms with Gasteiger partial charge in [-0.3, -0.25) is 0 Å². The Hall–Kier alpha value is -2.45. The van der Waals surface area contributed by atoms with E-state index in [0.29, 0.717) is 0 Å². The monoisotopic (exact) mass is 318 g/mol. The highest BCUT2D eigenvalue weighted by Gasteiger charge is 2.46. The molecule has 3 aromatic rings. The lowest BCUT2D eigenvalue weighted by Crippen LogP contribution is -2.30. The van der Waals surface area contributed by atoms with Crippen LogP contribution in [-0.2, 0) is 10.3 Å². The van der Waals surface area contributed by atoms with Crippen molar-refractivity contribution in [3.63, 3.8) is 0 Å². The summed E-state index contributed by atoms with van der Waals surface area (Å²) < 4.78 is 20.8. The van der Waals surface area contributed by atoms with Gasteiger partial charge in [0, 0.05) is 0 Å². The lowest BCUT2D eigenvalue weighted by molar-refractivity contribution is -0.0459. The molecule has 120 valence electrons. The molecule has 24 heavy (non-hydrogen) atoms. The highest BCUT2D eigenvalue weighted by molar-refractivity contribution is 5.49. The second-order valence-corrected chi connectivity index (χ2v) is 6.33. The molecule has 0 aliphatic carbocycles. The Bertz CT molecular complexity index is 859. The zero-order valence-electron chi connectivity index (χ0n) is 13.6. The normalized spacial score (nSPS) is 22.3. The third-order valence-electron chi connectivity index (χ3n) is 4.77. The topological polar surface area (TPSA) is 9.23 Å². The summed E-state index contributed by atoms with van der Waals surface area (Å²) >= 11 is 0. The van der Waals surface area contributed by atoms with Gasteiger partial charge < -0.3 is 4.74 Å². The van der Waals surface area contributed by atoms with E-state index in [1.54, 1.807) is 0 Å². The van der Waals surface area contributed by atoms with E-state index in [2.05, 4.69) is 19.1 Å². The number of halogens is 1. The molecule has 0 aromatic heterocycles. The van der Waals surface area contributed by atoms with Gasteiger partial charge in [0.05, 0.1) is 0 Å². The van der Waals surface area contributed by atoms with Crippen molar-refractivity contribution in [1.29, 1.82) is 0 Å². The Morgan fingerprint density at radius 2 is 1.67 bits per heavy atom. The van der Waals surface area contributed by atoms with Crippen molar-refractivity contribution in [2.75, 3.05) is 6.67 Å². The number of hydrogen-bond acceptors (Lipinski definition) is 1. The van der Waals surface area contributed by atoms with Gasteiger partial charge in [-0.05, 0) is 29.2 Å². The van der Waals surface area contributed by atoms with Gasteiger partial charge in [0.25, 0.3) is 0 Å². The minimum atomic E-state index is -1.04. The maximum absolute atomic E-state index is 14.4. The first-order chi connectivity index (χ1) is 11.7. The Morgan fingerprint density at radius 3 is 2.42 bits per heavy atom. The molecule has 0 spiro atoms. The molecule has 1 nitrogen and oxygen atoms in total. The molecule has 1 heterocycles. The first-order valence-electron chi connectivity index (χ1n) is 8.20. The molecule has 1 aliphatic heterocycles. The van der Waals surface area contributed by atoms with E-state index in [1.807, 2.05) is 66.7 Å². The van der Waals surface area contributed by atoms with Gasteiger partial charge in [-0.1, -0.05) is 84.4 Å². The van der Waals surface area contributed by atoms with Crippen molar-refractivity contribution in [2.45, 2.75) is 18.6 Å². The third-order valence-corrected chi connectivity index (χ3v) is 4.77. The van der Waals surface area contributed by atoms with E-state index in [1.165, 1.54) is 5.56 Å². The number of alkyl halides is 1. The van der Waals surface area contributed by atoms with E-state index in [0.717, 1.165) is 22.3 Å². The molecule has 0 fully saturated rings. The number of hydrogen-bond donors (Lipinski definition) is 0. The van der Waals surface area contributed by atoms with Gasteiger partial charge in [0.15, 0.2) is 0 Å². The van der Waals surface area contributed by atoms with Crippen molar-refractivity contribution in [2.24, 2.45) is 0 Å². The van der Waals surface area contributed by atoms with E-state index in [-0.39, 0.29) is 6.10 Å². The van der Waals surface area contributed by atoms with E-state index in [9.17, 15) is 4.39 Å². The van der Waals surface area contributed by atoms with Gasteiger partial charge >= 0.3 is 0 Å². The number of fused-ring (bicyclic) bond motifs is 1. The fraction of sp³-hybridized carbons (Fsp3) is 0.182. The van der Waals surface area contributed by atoms with Gasteiger partial charge in [0.1, 0.15) is 18.4 Å². The first-order valence-corrected chi connectivity index (χ1v) is 8.20. The van der Waals surface area contributed by atoms with Gasteiger partial charge in [-0.25, -0.2) is 4.39 Å². The summed E-state index contributed by atoms with van der Waals surface area (Å²) in [5.41, 5.74) is 4.02. The quantitative estimate of drug-likeness (QED) is 0.634. The molecule has 0 unspecified atom stereocenters. The largest absolute Gasteiger partial charge is 0.350 e. The highest BCUT2D eigenvalue weighted by Crippen LogP contribution is 2.50. The van der Waals surface area contributed by atoms with Gasteiger partial charge in [-0.2, -0.15) is 0 Å². The summed E-state index contributed by atoms with van der Waals surface area (Å²) in [6.45, 7) is 1.47. The van der Waals surface area contributed by atoms with Crippen LogP contribution in [0.25, 0.3) is 0 Å². The molecule has 2 atom stereocenters. The van der Waals surface area contributed by atoms with Crippen LogP contribution in [0.3, 0.4) is 0 Å². The van der Waals surface area contributed by atoms with E-state index < -0.39 is 12.3 Å². The number of aryl methyl sites for hydroxylation is 1. The second kappa shape index (κ2) is 5.88. The van der Waals surface area contributed by atoms with Crippen molar-refractivity contribution in [3.8, 4) is 0 Å². The van der Waals surface area contributed by atoms with Crippen LogP contribution < -0.4 is 0 Å². The predicted molar refractivity (Wildman–Crippen MR) is 93.7 cm³/mol. The van der Waals surface area contributed by atoms with Crippen LogP contribution in [0.5, 0.6) is 0 Å². The Kier molecular flexibility index (Phi) is 3.70. The number of benzene rings is 3. The van der Waals surface area contributed by atoms with Crippen molar-refractivity contribution in [1.82, 2.24) is 0 Å². The molecule has 0 amide bonds. The summed E-state index contributed by atoms with van der Waals surface area (Å²) in [5, 5.41) is 0. The molecule has 0 bridgehead atoms. The zero-order valence-corrected chi connectivity index (χ0v) is 13.6. The summed E-state index contributed by atoms with van der Waals surface area (Å²) in [6.07, 6.45) is -0.253. The minimum absolute atomic E-state index is 0.253. The number of ether oxygens (including phenoxy) is 1. The molecular weight excluding hydrogens is 299 g/mol. The maximum Gasteiger partial charge on any atom is 0.148 e. The minimum Gasteiger partial charge on any atom is -0.350 e. The summed E-state index contributed by atoms with van der Waals surface area (Å²) in [4.78, 5) is 0. The highest BCUT2D eigenvalue weighted by atomic mass is 19.1. The average Bonchev–Trinajstić information content (AvgIpc) is 2.98. The fourth-order valence-corrected chi connectivity index (χ4v) is 3.61. The molecular formula is C22H19FO. The van der Waals surface area contributed by atoms with Crippen molar-refractivity contribution < 1.29 is 9.13 Å². The first kappa shape index (κ1) is 15.1. The van der Waals surface area contributed by atoms with Crippen molar-refractivity contribution >= 4 is 0 Å². The second-order valence-electron chi connectivity index (χ2n) is 6.33. The van der Waals surface area contributed by atoms with Crippen LogP contribution in [0.1, 0.15) is 33.9 Å². The van der Waals surface area contributed by atoms with Crippen LogP contribution in [0.4, 0.5) is 4.39 Å². The molecule has 3 aromatic carbocycles. The van der Waals surface area contributed by atoms with E-state index in [4.69, 9.17) is 4.74 Å². The smallest absolute Gasteiger partial charge is 0.148 e. The van der Waals surface area contributed by atoms with Crippen LogP contribution in [0, 0.1) is 6.92 Å². The molecule has 0 N–H and O–H groups in total. The van der Waals surface area contributed by atoms with Crippen LogP contribution in [-0.4, -0.2) is 6.67 Å². The summed E-state index contributed by atoms with van der Waals surface area (Å²) in [7, 11) is 0. The summed E-state index contributed by atoms with van der Waals surface area (Å²) in [5.74, 6) is 0. The standard InChI is InChI=1S/C22H19FO/c1-16-8-7-9-17(14-16)21-19-12-5-6-13-20(19)22(15-23,24-21)18-10-3-2-4-11-18/h2-14,21H,15H2,1H3/t21-,22-/m1/s1. The van der Waals surface area contributed by atoms with Crippen LogP contribution in [0.15, 0.2) is 78.9 Å². The predicted octanol–water partition coefficient (Wildman–Crippen LogP) is 5.33.